The number of carbonyl (C=O) groups is 2. The van der Waals surface area contributed by atoms with Crippen molar-refractivity contribution in [2.24, 2.45) is 5.92 Å². The van der Waals surface area contributed by atoms with Gasteiger partial charge in [0.1, 0.15) is 0 Å². The van der Waals surface area contributed by atoms with Crippen LogP contribution < -0.4 is 5.32 Å². The van der Waals surface area contributed by atoms with Crippen LogP contribution in [0.4, 0.5) is 0 Å². The van der Waals surface area contributed by atoms with Crippen molar-refractivity contribution in [3.8, 4) is 0 Å². The van der Waals surface area contributed by atoms with E-state index in [1.54, 1.807) is 12.1 Å². The molecule has 1 saturated heterocycles. The summed E-state index contributed by atoms with van der Waals surface area (Å²) in [4.78, 5) is 30.4. The first-order valence-electron chi connectivity index (χ1n) is 9.19. The Morgan fingerprint density at radius 2 is 2.15 bits per heavy atom. The summed E-state index contributed by atoms with van der Waals surface area (Å²) >= 11 is 0. The van der Waals surface area contributed by atoms with Gasteiger partial charge in [-0.05, 0) is 38.4 Å². The summed E-state index contributed by atoms with van der Waals surface area (Å²) in [7, 11) is 0. The molecule has 1 amide bonds. The average Bonchev–Trinajstić information content (AvgIpc) is 3.14. The van der Waals surface area contributed by atoms with Gasteiger partial charge in [-0.3, -0.25) is 14.5 Å². The molecule has 0 unspecified atom stereocenters. The molecule has 8 heteroatoms. The van der Waals surface area contributed by atoms with E-state index in [0.29, 0.717) is 37.0 Å². The third-order valence-corrected chi connectivity index (χ3v) is 4.44. The summed E-state index contributed by atoms with van der Waals surface area (Å²) in [6.07, 6.45) is 1.77. The van der Waals surface area contributed by atoms with E-state index in [-0.39, 0.29) is 24.3 Å². The molecule has 0 spiro atoms. The first kappa shape index (κ1) is 19.0. The van der Waals surface area contributed by atoms with Crippen LogP contribution in [0, 0.1) is 5.92 Å². The van der Waals surface area contributed by atoms with Gasteiger partial charge in [-0.15, -0.1) is 0 Å². The van der Waals surface area contributed by atoms with Crippen molar-refractivity contribution in [1.29, 1.82) is 0 Å². The number of hydrogen-bond donors (Lipinski definition) is 1. The molecule has 1 aromatic carbocycles. The minimum absolute atomic E-state index is 0.105. The topological polar surface area (TPSA) is 97.6 Å². The number of aromatic nitrogens is 2. The van der Waals surface area contributed by atoms with E-state index >= 15 is 0 Å². The highest BCUT2D eigenvalue weighted by Crippen LogP contribution is 2.19. The Balaban J connectivity index is 1.49. The van der Waals surface area contributed by atoms with Crippen molar-refractivity contribution < 1.29 is 18.8 Å². The maximum Gasteiger partial charge on any atom is 0.310 e. The first-order valence-corrected chi connectivity index (χ1v) is 9.19. The highest BCUT2D eigenvalue weighted by atomic mass is 16.5. The number of ether oxygens (including phenoxy) is 1. The van der Waals surface area contributed by atoms with Crippen LogP contribution in [0.3, 0.4) is 0 Å². The minimum atomic E-state index is -0.185. The molecule has 1 fully saturated rings. The average molecular weight is 372 g/mol. The molecule has 2 aromatic rings. The van der Waals surface area contributed by atoms with Crippen molar-refractivity contribution in [3.63, 3.8) is 0 Å². The number of nitrogens with one attached hydrogen (secondary N) is 1. The Kier molecular flexibility index (Phi) is 6.54. The Labute approximate surface area is 157 Å². The van der Waals surface area contributed by atoms with Crippen LogP contribution in [-0.2, 0) is 22.6 Å². The van der Waals surface area contributed by atoms with Crippen molar-refractivity contribution in [3.05, 3.63) is 47.6 Å². The number of carbonyl (C=O) groups excluding carboxylic acids is 2. The van der Waals surface area contributed by atoms with Crippen molar-refractivity contribution in [2.75, 3.05) is 19.7 Å². The largest absolute Gasteiger partial charge is 0.466 e. The molecule has 3 rings (SSSR count). The lowest BCUT2D eigenvalue weighted by Crippen LogP contribution is -2.39. The molecule has 144 valence electrons. The van der Waals surface area contributed by atoms with Crippen molar-refractivity contribution >= 4 is 11.9 Å². The zero-order valence-corrected chi connectivity index (χ0v) is 15.4. The van der Waals surface area contributed by atoms with E-state index in [4.69, 9.17) is 9.26 Å². The van der Waals surface area contributed by atoms with E-state index in [1.807, 2.05) is 25.1 Å². The van der Waals surface area contributed by atoms with Crippen LogP contribution in [0.25, 0.3) is 0 Å². The lowest BCUT2D eigenvalue weighted by atomic mass is 9.98. The van der Waals surface area contributed by atoms with Crippen molar-refractivity contribution in [2.45, 2.75) is 32.9 Å². The number of nitrogens with zero attached hydrogens (tertiary/aromatic N) is 3. The first-order chi connectivity index (χ1) is 13.2. The molecule has 0 radical (unpaired) electrons. The molecule has 1 aromatic heterocycles. The van der Waals surface area contributed by atoms with Crippen LogP contribution in [-0.4, -0.2) is 46.6 Å². The molecule has 1 atom stereocenters. The monoisotopic (exact) mass is 372 g/mol. The van der Waals surface area contributed by atoms with E-state index in [9.17, 15) is 9.59 Å². The highest BCUT2D eigenvalue weighted by Gasteiger charge is 2.27. The third kappa shape index (κ3) is 5.37. The van der Waals surface area contributed by atoms with Crippen molar-refractivity contribution in [1.82, 2.24) is 20.4 Å². The second kappa shape index (κ2) is 9.27. The maximum atomic E-state index is 12.0. The molecule has 1 aliphatic rings. The normalized spacial score (nSPS) is 17.4. The number of likely N-dealkylation sites (tertiary alicyclic amines) is 1. The van der Waals surface area contributed by atoms with Gasteiger partial charge in [0.05, 0.1) is 25.6 Å². The number of rotatable bonds is 7. The molecule has 0 saturated carbocycles. The second-order valence-corrected chi connectivity index (χ2v) is 6.48. The Morgan fingerprint density at radius 1 is 1.33 bits per heavy atom. The van der Waals surface area contributed by atoms with Gasteiger partial charge in [-0.2, -0.15) is 4.98 Å². The van der Waals surface area contributed by atoms with Crippen LogP contribution in [0.15, 0.2) is 34.9 Å². The molecule has 27 heavy (non-hydrogen) atoms. The lowest BCUT2D eigenvalue weighted by Gasteiger charge is -2.30. The van der Waals surface area contributed by atoms with Crippen LogP contribution >= 0.6 is 0 Å². The summed E-state index contributed by atoms with van der Waals surface area (Å²) in [5.41, 5.74) is 0.583. The zero-order valence-electron chi connectivity index (χ0n) is 15.4. The Morgan fingerprint density at radius 3 is 2.93 bits per heavy atom. The van der Waals surface area contributed by atoms with Crippen LogP contribution in [0.1, 0.15) is 41.8 Å². The minimum Gasteiger partial charge on any atom is -0.466 e. The molecular formula is C19H24N4O4. The SMILES string of the molecule is CCOC(=O)[C@H]1CCCN(Cc2nc(CNC(=O)c3ccccc3)no2)C1. The van der Waals surface area contributed by atoms with Gasteiger partial charge in [0.2, 0.25) is 5.89 Å². The lowest BCUT2D eigenvalue weighted by molar-refractivity contribution is -0.150. The molecule has 8 nitrogen and oxygen atoms in total. The smallest absolute Gasteiger partial charge is 0.310 e. The maximum absolute atomic E-state index is 12.0. The number of piperidine rings is 1. The number of benzene rings is 1. The molecule has 1 N–H and O–H groups in total. The van der Waals surface area contributed by atoms with Gasteiger partial charge in [-0.25, -0.2) is 0 Å². The molecule has 1 aliphatic heterocycles. The van der Waals surface area contributed by atoms with Gasteiger partial charge in [0.15, 0.2) is 5.82 Å². The Hall–Kier alpha value is -2.74. The quantitative estimate of drug-likeness (QED) is 0.740. The predicted octanol–water partition coefficient (Wildman–Crippen LogP) is 1.77. The fraction of sp³-hybridized carbons (Fsp3) is 0.474. The standard InChI is InChI=1S/C19H24N4O4/c1-2-26-19(25)15-9-6-10-23(12-15)13-17-21-16(22-27-17)11-20-18(24)14-7-4-3-5-8-14/h3-5,7-8,15H,2,6,9-13H2,1H3,(H,20,24)/t15-/m0/s1. The van der Waals surface area contributed by atoms with Gasteiger partial charge < -0.3 is 14.6 Å². The van der Waals surface area contributed by atoms with E-state index < -0.39 is 0 Å². The summed E-state index contributed by atoms with van der Waals surface area (Å²) in [6.45, 7) is 4.39. The Bertz CT molecular complexity index is 762. The number of amides is 1. The van der Waals surface area contributed by atoms with Gasteiger partial charge in [0.25, 0.3) is 5.91 Å². The predicted molar refractivity (Wildman–Crippen MR) is 96.5 cm³/mol. The summed E-state index contributed by atoms with van der Waals surface area (Å²) in [6, 6.07) is 8.96. The van der Waals surface area contributed by atoms with Gasteiger partial charge >= 0.3 is 5.97 Å². The van der Waals surface area contributed by atoms with E-state index in [0.717, 1.165) is 19.4 Å². The molecule has 0 bridgehead atoms. The van der Waals surface area contributed by atoms with Crippen LogP contribution in [0.5, 0.6) is 0 Å². The fourth-order valence-corrected chi connectivity index (χ4v) is 3.12. The van der Waals surface area contributed by atoms with E-state index in [1.165, 1.54) is 0 Å². The van der Waals surface area contributed by atoms with Gasteiger partial charge in [-0.1, -0.05) is 23.4 Å². The molecule has 2 heterocycles. The number of esters is 1. The zero-order chi connectivity index (χ0) is 19.1. The third-order valence-electron chi connectivity index (χ3n) is 4.44. The molecular weight excluding hydrogens is 348 g/mol. The summed E-state index contributed by atoms with van der Waals surface area (Å²) in [5, 5.41) is 6.68. The highest BCUT2D eigenvalue weighted by molar-refractivity contribution is 5.93. The van der Waals surface area contributed by atoms with E-state index in [2.05, 4.69) is 20.4 Å². The summed E-state index contributed by atoms with van der Waals surface area (Å²) < 4.78 is 10.4. The van der Waals surface area contributed by atoms with Gasteiger partial charge in [0, 0.05) is 12.1 Å². The van der Waals surface area contributed by atoms with Crippen LogP contribution in [0.2, 0.25) is 0 Å². The second-order valence-electron chi connectivity index (χ2n) is 6.48. The fourth-order valence-electron chi connectivity index (χ4n) is 3.12. The number of hydrogen-bond acceptors (Lipinski definition) is 7. The summed E-state index contributed by atoms with van der Waals surface area (Å²) in [5.74, 6) is 0.468. The molecule has 0 aliphatic carbocycles.